The van der Waals surface area contributed by atoms with Crippen LogP contribution in [0.15, 0.2) is 47.7 Å². The summed E-state index contributed by atoms with van der Waals surface area (Å²) in [5.74, 6) is -1.54. The average Bonchev–Trinajstić information content (AvgIpc) is 3.26. The van der Waals surface area contributed by atoms with Gasteiger partial charge in [-0.25, -0.2) is 27.2 Å². The highest BCUT2D eigenvalue weighted by atomic mass is 32.2. The van der Waals surface area contributed by atoms with Crippen molar-refractivity contribution < 1.29 is 27.5 Å². The van der Waals surface area contributed by atoms with E-state index in [1.54, 1.807) is 39.8 Å². The second-order valence-corrected chi connectivity index (χ2v) is 11.4. The van der Waals surface area contributed by atoms with Gasteiger partial charge in [0.15, 0.2) is 5.65 Å². The van der Waals surface area contributed by atoms with Crippen molar-refractivity contribution in [2.75, 3.05) is 25.0 Å². The van der Waals surface area contributed by atoms with Gasteiger partial charge in [-0.1, -0.05) is 24.5 Å². The number of anilines is 1. The van der Waals surface area contributed by atoms with Crippen LogP contribution in [0.2, 0.25) is 0 Å². The van der Waals surface area contributed by atoms with E-state index in [9.17, 15) is 13.2 Å². The fraction of sp³-hybridized carbons (Fsp3) is 0.480. The van der Waals surface area contributed by atoms with Gasteiger partial charge in [0.25, 0.3) is 10.0 Å². The molecule has 2 aromatic heterocycles. The lowest BCUT2D eigenvalue weighted by Crippen LogP contribution is -2.53. The molecule has 0 bridgehead atoms. The van der Waals surface area contributed by atoms with Gasteiger partial charge in [-0.15, -0.1) is 0 Å². The highest BCUT2D eigenvalue weighted by Gasteiger charge is 2.35. The molecule has 0 saturated carbocycles. The molecule has 3 heterocycles. The highest BCUT2D eigenvalue weighted by Crippen LogP contribution is 2.31. The number of hydrogen-bond acceptors (Lipinski definition) is 7. The Hall–Kier alpha value is -3.14. The number of carbonyl (C=O) groups is 1. The minimum Gasteiger partial charge on any atom is -0.444 e. The average molecular weight is 507 g/mol. The van der Waals surface area contributed by atoms with Gasteiger partial charge >= 0.3 is 6.09 Å². The zero-order valence-corrected chi connectivity index (χ0v) is 20.8. The number of hydrogen-bond donors (Lipinski definition) is 0. The number of aryl methyl sites for hydroxylation is 1. The number of piperidine rings is 1. The molecule has 1 aromatic carbocycles. The second-order valence-electron chi connectivity index (χ2n) is 9.57. The predicted molar refractivity (Wildman–Crippen MR) is 135 cm³/mol. The normalized spacial score (nSPS) is 22.7. The zero-order valence-electron chi connectivity index (χ0n) is 27.0. The van der Waals surface area contributed by atoms with Crippen LogP contribution >= 0.6 is 0 Å². The monoisotopic (exact) mass is 506 g/mol. The van der Waals surface area contributed by atoms with Crippen LogP contribution in [0.25, 0.3) is 11.0 Å². The molecule has 9 nitrogen and oxygen atoms in total. The number of rotatable bonds is 4. The molecule has 188 valence electrons. The Balaban J connectivity index is 1.88. The Bertz CT molecular complexity index is 1580. The van der Waals surface area contributed by atoms with E-state index in [2.05, 4.69) is 9.97 Å². The molecule has 4 rings (SSSR count). The summed E-state index contributed by atoms with van der Waals surface area (Å²) in [5.41, 5.74) is -0.249. The molecule has 2 unspecified atom stereocenters. The van der Waals surface area contributed by atoms with Gasteiger partial charge in [0.2, 0.25) is 0 Å². The number of benzene rings is 1. The van der Waals surface area contributed by atoms with Crippen molar-refractivity contribution in [1.82, 2.24) is 18.8 Å². The zero-order chi connectivity index (χ0) is 31.4. The molecule has 1 saturated heterocycles. The molecular weight excluding hydrogens is 466 g/mol. The van der Waals surface area contributed by atoms with E-state index in [4.69, 9.17) is 14.3 Å². The molecule has 1 aliphatic heterocycles. The van der Waals surface area contributed by atoms with E-state index in [1.807, 2.05) is 0 Å². The maximum Gasteiger partial charge on any atom is 0.410 e. The smallest absolute Gasteiger partial charge is 0.410 e. The maximum atomic E-state index is 13.5. The van der Waals surface area contributed by atoms with Crippen LogP contribution < -0.4 is 4.90 Å². The first-order valence-electron chi connectivity index (χ1n) is 14.7. The number of fused-ring (bicyclic) bond motifs is 1. The number of carbonyl (C=O) groups excluding carboxylic acids is 1. The minimum atomic E-state index is -4.21. The summed E-state index contributed by atoms with van der Waals surface area (Å²) in [4.78, 5) is 23.0. The van der Waals surface area contributed by atoms with Gasteiger partial charge in [0.05, 0.1) is 16.3 Å². The molecule has 2 atom stereocenters. The number of likely N-dealkylation sites (tertiary alicyclic amines) is 1. The minimum absolute atomic E-state index is 0.0171. The largest absolute Gasteiger partial charge is 0.444 e. The summed E-state index contributed by atoms with van der Waals surface area (Å²) in [7, 11) is -4.21. The van der Waals surface area contributed by atoms with Crippen LogP contribution in [-0.4, -0.2) is 65.1 Å². The van der Waals surface area contributed by atoms with Crippen molar-refractivity contribution in [1.29, 1.82) is 0 Å². The Labute approximate surface area is 216 Å². The highest BCUT2D eigenvalue weighted by molar-refractivity contribution is 7.90. The number of nitrogens with zero attached hydrogens (tertiary/aromatic N) is 5. The van der Waals surface area contributed by atoms with Crippen LogP contribution in [-0.2, 0) is 14.8 Å². The van der Waals surface area contributed by atoms with E-state index < -0.39 is 53.8 Å². The molecule has 0 spiro atoms. The molecule has 35 heavy (non-hydrogen) atoms. The molecule has 0 radical (unpaired) electrons. The van der Waals surface area contributed by atoms with Gasteiger partial charge in [0.1, 0.15) is 19.1 Å². The van der Waals surface area contributed by atoms with Gasteiger partial charge in [-0.3, -0.25) is 0 Å². The fourth-order valence-electron chi connectivity index (χ4n) is 3.91. The van der Waals surface area contributed by atoms with Gasteiger partial charge in [0, 0.05) is 34.5 Å². The number of amides is 1. The topological polar surface area (TPSA) is 97.6 Å². The van der Waals surface area contributed by atoms with Crippen molar-refractivity contribution in [3.8, 4) is 0 Å². The summed E-state index contributed by atoms with van der Waals surface area (Å²) in [6.45, 7) is 0.925. The number of likely N-dealkylation sites (N-methyl/N-ethyl adjacent to an activating group) is 1. The number of aromatic nitrogens is 3. The Morgan fingerprint density at radius 2 is 1.97 bits per heavy atom. The summed E-state index contributed by atoms with van der Waals surface area (Å²) in [5, 5.41) is -0.0171. The summed E-state index contributed by atoms with van der Waals surface area (Å²) >= 11 is 0. The Kier molecular flexibility index (Phi) is 4.52. The van der Waals surface area contributed by atoms with Crippen LogP contribution in [0.5, 0.6) is 0 Å². The molecule has 3 aromatic rings. The Morgan fingerprint density at radius 1 is 1.23 bits per heavy atom. The summed E-state index contributed by atoms with van der Waals surface area (Å²) in [6.07, 6.45) is -0.274. The van der Waals surface area contributed by atoms with Crippen molar-refractivity contribution >= 4 is 33.0 Å². The van der Waals surface area contributed by atoms with E-state index in [1.165, 1.54) is 29.3 Å². The van der Waals surface area contributed by atoms with Gasteiger partial charge in [-0.05, 0) is 58.2 Å². The van der Waals surface area contributed by atoms with Gasteiger partial charge in [-0.2, -0.15) is 0 Å². The van der Waals surface area contributed by atoms with Crippen LogP contribution in [0, 0.1) is 12.8 Å². The van der Waals surface area contributed by atoms with Crippen molar-refractivity contribution in [2.24, 2.45) is 5.92 Å². The third-order valence-electron chi connectivity index (χ3n) is 5.75. The van der Waals surface area contributed by atoms with Crippen molar-refractivity contribution in [3.05, 3.63) is 48.4 Å². The molecule has 1 aliphatic rings. The number of ether oxygens (including phenoxy) is 1. The predicted octanol–water partition coefficient (Wildman–Crippen LogP) is 4.06. The molecule has 10 heteroatoms. The lowest BCUT2D eigenvalue weighted by atomic mass is 9.92. The second kappa shape index (κ2) is 9.14. The third-order valence-corrected chi connectivity index (χ3v) is 7.43. The Morgan fingerprint density at radius 3 is 2.63 bits per heavy atom. The molecule has 0 aliphatic carbocycles. The SMILES string of the molecule is [2H]c1nc(N(C2CN(C(=O)OC(C)(C)C)CCC2C([2H])([2H])[2H])C([2H])([2H])[2H])c2ccn(S(=O)(=O)c3ccc(C)cc3)c2n1. The molecule has 1 fully saturated rings. The van der Waals surface area contributed by atoms with E-state index >= 15 is 0 Å². The lowest BCUT2D eigenvalue weighted by Gasteiger charge is -2.42. The lowest BCUT2D eigenvalue weighted by molar-refractivity contribution is 0.0165. The quantitative estimate of drug-likeness (QED) is 0.526. The summed E-state index contributed by atoms with van der Waals surface area (Å²) < 4.78 is 91.3. The van der Waals surface area contributed by atoms with E-state index in [-0.39, 0.29) is 41.3 Å². The summed E-state index contributed by atoms with van der Waals surface area (Å²) in [6, 6.07) is 6.08. The molecular formula is C25H33N5O4S. The first-order valence-corrected chi connectivity index (χ1v) is 12.6. The van der Waals surface area contributed by atoms with Crippen LogP contribution in [0.1, 0.15) is 49.2 Å². The van der Waals surface area contributed by atoms with Crippen LogP contribution in [0.4, 0.5) is 10.6 Å². The standard InChI is InChI=1S/C25H33N5O4S/c1-17-7-9-19(10-8-17)35(32,33)30-14-12-20-22(26-16-27-23(20)30)28(6)21-15-29(13-11-18(21)2)24(31)34-25(3,4)5/h7-10,12,14,16,18,21H,11,13,15H2,1-6H3/i2D3,6D3,16D. The molecule has 0 N–H and O–H groups in total. The van der Waals surface area contributed by atoms with Crippen molar-refractivity contribution in [2.45, 2.75) is 57.5 Å². The maximum absolute atomic E-state index is 13.5. The molecule has 1 amide bonds. The van der Waals surface area contributed by atoms with Crippen molar-refractivity contribution in [3.63, 3.8) is 0 Å². The first kappa shape index (κ1) is 17.3. The van der Waals surface area contributed by atoms with E-state index in [0.29, 0.717) is 0 Å². The third kappa shape index (κ3) is 4.98. The van der Waals surface area contributed by atoms with E-state index in [0.717, 1.165) is 14.4 Å². The van der Waals surface area contributed by atoms with Gasteiger partial charge < -0.3 is 14.5 Å². The first-order chi connectivity index (χ1) is 19.2. The van der Waals surface area contributed by atoms with Crippen LogP contribution in [0.3, 0.4) is 0 Å². The fourth-order valence-corrected chi connectivity index (χ4v) is 5.21.